The van der Waals surface area contributed by atoms with E-state index < -0.39 is 0 Å². The number of aromatic amines is 1. The number of nitrogens with zero attached hydrogens (tertiary/aromatic N) is 5. The Morgan fingerprint density at radius 3 is 1.41 bits per heavy atom. The van der Waals surface area contributed by atoms with Gasteiger partial charge in [-0.15, -0.1) is 10.2 Å². The molecule has 0 radical (unpaired) electrons. The van der Waals surface area contributed by atoms with Crippen LogP contribution in [0.15, 0.2) is 211 Å². The van der Waals surface area contributed by atoms with E-state index in [0.29, 0.717) is 12.4 Å². The number of benzene rings is 7. The number of tetrazole rings is 1. The largest absolute Gasteiger partial charge is 0.378 e. The van der Waals surface area contributed by atoms with Gasteiger partial charge < -0.3 is 14.5 Å². The molecule has 10 rings (SSSR count). The maximum atomic E-state index is 4.03. The molecule has 314 valence electrons. The second kappa shape index (κ2) is 19.7. The van der Waals surface area contributed by atoms with Gasteiger partial charge in [-0.05, 0) is 77.6 Å². The van der Waals surface area contributed by atoms with Gasteiger partial charge in [0.05, 0.1) is 23.6 Å². The lowest BCUT2D eigenvalue weighted by Crippen LogP contribution is -2.02. The molecule has 8 heteroatoms. The lowest BCUT2D eigenvalue weighted by atomic mass is 9.96. The fraction of sp³-hybridized carbons (Fsp3) is 0.0893. The summed E-state index contributed by atoms with van der Waals surface area (Å²) in [7, 11) is 0. The molecule has 0 bridgehead atoms. The molecular formula is C56H48BrN7. The SMILES string of the molecule is CCn1c(-c2ccccc2-c2cccc(NCc3nn[nH]n3)c2)cc(-c2ccccc2)c1-c1ccccc1.CCn1c(-c2ccccc2Br)cc(-c2ccccc2)c1-c1ccccc1. The molecule has 2 N–H and O–H groups in total. The van der Waals surface area contributed by atoms with Gasteiger partial charge in [0.2, 0.25) is 0 Å². The van der Waals surface area contributed by atoms with E-state index in [2.05, 4.69) is 271 Å². The highest BCUT2D eigenvalue weighted by atomic mass is 79.9. The van der Waals surface area contributed by atoms with Crippen LogP contribution in [-0.2, 0) is 19.6 Å². The van der Waals surface area contributed by atoms with E-state index in [4.69, 9.17) is 0 Å². The van der Waals surface area contributed by atoms with Crippen molar-refractivity contribution in [1.29, 1.82) is 0 Å². The van der Waals surface area contributed by atoms with Gasteiger partial charge in [0.25, 0.3) is 0 Å². The van der Waals surface area contributed by atoms with Crippen LogP contribution in [0.3, 0.4) is 0 Å². The zero-order valence-corrected chi connectivity index (χ0v) is 37.5. The topological polar surface area (TPSA) is 76.3 Å². The number of aromatic nitrogens is 6. The van der Waals surface area contributed by atoms with Crippen LogP contribution in [0, 0.1) is 0 Å². The van der Waals surface area contributed by atoms with E-state index in [9.17, 15) is 0 Å². The first-order valence-electron chi connectivity index (χ1n) is 21.7. The van der Waals surface area contributed by atoms with Gasteiger partial charge in [-0.3, -0.25) is 0 Å². The smallest absolute Gasteiger partial charge is 0.193 e. The molecule has 0 aliphatic rings. The summed E-state index contributed by atoms with van der Waals surface area (Å²) in [6.07, 6.45) is 0. The second-order valence-electron chi connectivity index (χ2n) is 15.3. The summed E-state index contributed by atoms with van der Waals surface area (Å²) < 4.78 is 5.97. The van der Waals surface area contributed by atoms with Crippen molar-refractivity contribution in [3.05, 3.63) is 217 Å². The first-order chi connectivity index (χ1) is 31.6. The molecule has 0 saturated heterocycles. The van der Waals surface area contributed by atoms with Gasteiger partial charge in [0.1, 0.15) is 0 Å². The quantitative estimate of drug-likeness (QED) is 0.128. The molecule has 3 aromatic heterocycles. The van der Waals surface area contributed by atoms with E-state index in [1.165, 1.54) is 72.8 Å². The number of halogens is 1. The van der Waals surface area contributed by atoms with Crippen LogP contribution in [0.4, 0.5) is 5.69 Å². The number of H-pyrrole nitrogens is 1. The number of rotatable bonds is 12. The van der Waals surface area contributed by atoms with Gasteiger partial charge >= 0.3 is 0 Å². The van der Waals surface area contributed by atoms with Crippen molar-refractivity contribution in [2.75, 3.05) is 5.32 Å². The Hall–Kier alpha value is -7.55. The van der Waals surface area contributed by atoms with Crippen molar-refractivity contribution in [2.45, 2.75) is 33.5 Å². The maximum absolute atomic E-state index is 4.03. The Morgan fingerprint density at radius 1 is 0.453 bits per heavy atom. The van der Waals surface area contributed by atoms with Crippen LogP contribution in [0.25, 0.3) is 78.4 Å². The molecule has 3 heterocycles. The monoisotopic (exact) mass is 897 g/mol. The molecule has 10 aromatic rings. The molecule has 0 unspecified atom stereocenters. The van der Waals surface area contributed by atoms with Crippen molar-refractivity contribution >= 4 is 21.6 Å². The van der Waals surface area contributed by atoms with Crippen molar-refractivity contribution in [1.82, 2.24) is 29.8 Å². The molecule has 0 aliphatic carbocycles. The Labute approximate surface area is 383 Å². The van der Waals surface area contributed by atoms with E-state index in [1.54, 1.807) is 0 Å². The van der Waals surface area contributed by atoms with E-state index in [-0.39, 0.29) is 0 Å². The summed E-state index contributed by atoms with van der Waals surface area (Å²) in [6.45, 7) is 6.69. The predicted molar refractivity (Wildman–Crippen MR) is 267 cm³/mol. The summed E-state index contributed by atoms with van der Waals surface area (Å²) in [5.41, 5.74) is 18.1. The zero-order chi connectivity index (χ0) is 43.7. The van der Waals surface area contributed by atoms with Gasteiger partial charge in [-0.25, -0.2) is 0 Å². The molecule has 0 aliphatic heterocycles. The first-order valence-corrected chi connectivity index (χ1v) is 22.5. The van der Waals surface area contributed by atoms with Crippen LogP contribution < -0.4 is 5.32 Å². The number of hydrogen-bond acceptors (Lipinski definition) is 4. The standard InChI is InChI=1S/C32H28N6.C24H20BrN/c1-2-38-30(21-29(23-12-5-3-6-13-23)32(38)24-14-7-4-8-15-24)28-19-10-9-18-27(28)25-16-11-17-26(20-25)33-22-31-34-36-37-35-31;1-2-26-23(20-15-9-10-16-22(20)25)17-21(18-11-5-3-6-12-18)24(26)19-13-7-4-8-14-19/h3-21,33H,2,22H2,1H3,(H,34,35,36,37);3-17H,2H2,1H3. The summed E-state index contributed by atoms with van der Waals surface area (Å²) in [5, 5.41) is 17.6. The molecular weight excluding hydrogens is 851 g/mol. The molecule has 0 atom stereocenters. The molecule has 0 fully saturated rings. The second-order valence-corrected chi connectivity index (χ2v) is 16.2. The third-order valence-corrected chi connectivity index (χ3v) is 12.1. The molecule has 0 amide bonds. The maximum Gasteiger partial charge on any atom is 0.193 e. The highest BCUT2D eigenvalue weighted by molar-refractivity contribution is 9.10. The molecule has 64 heavy (non-hydrogen) atoms. The van der Waals surface area contributed by atoms with Gasteiger partial charge in [-0.2, -0.15) is 5.21 Å². The highest BCUT2D eigenvalue weighted by Crippen LogP contribution is 2.43. The third-order valence-electron chi connectivity index (χ3n) is 11.5. The molecule has 0 spiro atoms. The lowest BCUT2D eigenvalue weighted by molar-refractivity contribution is 0.785. The molecule has 0 saturated carbocycles. The predicted octanol–water partition coefficient (Wildman–Crippen LogP) is 14.6. The average molecular weight is 899 g/mol. The van der Waals surface area contributed by atoms with Crippen molar-refractivity contribution in [3.8, 4) is 78.4 Å². The van der Waals surface area contributed by atoms with Crippen LogP contribution in [0.1, 0.15) is 19.7 Å². The summed E-state index contributed by atoms with van der Waals surface area (Å²) in [4.78, 5) is 0. The van der Waals surface area contributed by atoms with Crippen LogP contribution in [0.5, 0.6) is 0 Å². The summed E-state index contributed by atoms with van der Waals surface area (Å²) >= 11 is 3.73. The van der Waals surface area contributed by atoms with Gasteiger partial charge in [-0.1, -0.05) is 197 Å². The zero-order valence-electron chi connectivity index (χ0n) is 35.9. The normalized spacial score (nSPS) is 10.9. The van der Waals surface area contributed by atoms with E-state index in [0.717, 1.165) is 28.8 Å². The van der Waals surface area contributed by atoms with Gasteiger partial charge in [0.15, 0.2) is 5.82 Å². The number of nitrogens with one attached hydrogen (secondary N) is 2. The van der Waals surface area contributed by atoms with Crippen LogP contribution in [-0.4, -0.2) is 29.8 Å². The Kier molecular flexibility index (Phi) is 12.8. The highest BCUT2D eigenvalue weighted by Gasteiger charge is 2.21. The Balaban J connectivity index is 0.000000174. The van der Waals surface area contributed by atoms with Crippen molar-refractivity contribution in [2.24, 2.45) is 0 Å². The van der Waals surface area contributed by atoms with Crippen molar-refractivity contribution < 1.29 is 0 Å². The van der Waals surface area contributed by atoms with Crippen LogP contribution >= 0.6 is 15.9 Å². The Bertz CT molecular complexity index is 3070. The van der Waals surface area contributed by atoms with Gasteiger partial charge in [0, 0.05) is 51.2 Å². The fourth-order valence-corrected chi connectivity index (χ4v) is 9.04. The summed E-state index contributed by atoms with van der Waals surface area (Å²) in [5.74, 6) is 0.624. The van der Waals surface area contributed by atoms with Crippen LogP contribution in [0.2, 0.25) is 0 Å². The molecule has 7 aromatic carbocycles. The lowest BCUT2D eigenvalue weighted by Gasteiger charge is -2.16. The minimum absolute atomic E-state index is 0.501. The first kappa shape index (κ1) is 41.8. The van der Waals surface area contributed by atoms with E-state index >= 15 is 0 Å². The molecule has 7 nitrogen and oxygen atoms in total. The number of anilines is 1. The fourth-order valence-electron chi connectivity index (χ4n) is 8.55. The Morgan fingerprint density at radius 2 is 0.906 bits per heavy atom. The third kappa shape index (κ3) is 8.87. The summed E-state index contributed by atoms with van der Waals surface area (Å²) in [6, 6.07) is 72.9. The minimum atomic E-state index is 0.501. The average Bonchev–Trinajstić information content (AvgIpc) is 4.13. The minimum Gasteiger partial charge on any atom is -0.378 e. The van der Waals surface area contributed by atoms with Crippen molar-refractivity contribution in [3.63, 3.8) is 0 Å². The number of hydrogen-bond donors (Lipinski definition) is 2. The van der Waals surface area contributed by atoms with E-state index in [1.807, 2.05) is 0 Å².